The Bertz CT molecular complexity index is 1630. The van der Waals surface area contributed by atoms with E-state index in [1.807, 2.05) is 6.07 Å². The fraction of sp³-hybridized carbons (Fsp3) is 0.115. The molecule has 4 aromatic rings. The highest BCUT2D eigenvalue weighted by atomic mass is 35.5. The number of nitrogens with zero attached hydrogens (tertiary/aromatic N) is 3. The first kappa shape index (κ1) is 24.8. The molecule has 1 amide bonds. The standard InChI is InChI=1S/C26H22ClN7O4/c1-13-20(23(35)32-19-12-14(10-11-29-19)24(36)37-2)21(15-6-3-4-7-16(15)27)33-25(30-13)34-26-31-18-9-5-8-17(28)22(18)38-26/h3-12,21H,28H2,1-2H3,(H,29,32,35)(H2,30,31,33,34). The first-order valence-corrected chi connectivity index (χ1v) is 11.8. The van der Waals surface area contributed by atoms with E-state index >= 15 is 0 Å². The van der Waals surface area contributed by atoms with E-state index in [-0.39, 0.29) is 17.4 Å². The van der Waals surface area contributed by atoms with Gasteiger partial charge in [-0.3, -0.25) is 10.1 Å². The Morgan fingerprint density at radius 3 is 2.74 bits per heavy atom. The third-order valence-corrected chi connectivity index (χ3v) is 6.12. The minimum Gasteiger partial charge on any atom is -0.465 e. The van der Waals surface area contributed by atoms with E-state index in [1.54, 1.807) is 43.3 Å². The molecule has 0 spiro atoms. The maximum absolute atomic E-state index is 13.5. The number of carbonyl (C=O) groups excluding carboxylic acids is 2. The highest BCUT2D eigenvalue weighted by Crippen LogP contribution is 2.35. The van der Waals surface area contributed by atoms with Crippen LogP contribution < -0.4 is 21.7 Å². The van der Waals surface area contributed by atoms with Gasteiger partial charge in [0.1, 0.15) is 17.4 Å². The summed E-state index contributed by atoms with van der Waals surface area (Å²) in [5, 5.41) is 9.27. The molecule has 2 aromatic carbocycles. The van der Waals surface area contributed by atoms with Crippen LogP contribution in [-0.2, 0) is 9.53 Å². The number of allylic oxidation sites excluding steroid dienone is 1. The van der Waals surface area contributed by atoms with Crippen molar-refractivity contribution in [2.24, 2.45) is 4.99 Å². The number of aromatic nitrogens is 2. The average Bonchev–Trinajstić information content (AvgIpc) is 3.32. The van der Waals surface area contributed by atoms with Crippen molar-refractivity contribution in [3.05, 3.63) is 88.2 Å². The fourth-order valence-corrected chi connectivity index (χ4v) is 4.25. The molecule has 11 nitrogen and oxygen atoms in total. The Labute approximate surface area is 221 Å². The van der Waals surface area contributed by atoms with Gasteiger partial charge in [-0.2, -0.15) is 4.98 Å². The van der Waals surface area contributed by atoms with Crippen LogP contribution in [0.3, 0.4) is 0 Å². The summed E-state index contributed by atoms with van der Waals surface area (Å²) < 4.78 is 10.5. The molecule has 192 valence electrons. The van der Waals surface area contributed by atoms with Crippen LogP contribution in [0.1, 0.15) is 28.9 Å². The maximum Gasteiger partial charge on any atom is 0.338 e. The lowest BCUT2D eigenvalue weighted by Crippen LogP contribution is -2.37. The van der Waals surface area contributed by atoms with E-state index in [1.165, 1.54) is 25.4 Å². The molecule has 1 aliphatic rings. The van der Waals surface area contributed by atoms with E-state index < -0.39 is 17.9 Å². The van der Waals surface area contributed by atoms with Crippen molar-refractivity contribution in [2.75, 3.05) is 23.5 Å². The van der Waals surface area contributed by atoms with Gasteiger partial charge in [-0.25, -0.2) is 14.8 Å². The SMILES string of the molecule is COC(=O)c1ccnc(NC(=O)C2=C(C)NC(Nc3nc4cccc(N)c4o3)=NC2c2ccccc2Cl)c1. The molecular weight excluding hydrogens is 510 g/mol. The van der Waals surface area contributed by atoms with Gasteiger partial charge in [0.15, 0.2) is 5.58 Å². The van der Waals surface area contributed by atoms with Gasteiger partial charge >= 0.3 is 12.0 Å². The molecule has 5 rings (SSSR count). The number of benzene rings is 2. The second-order valence-electron chi connectivity index (χ2n) is 8.28. The zero-order valence-corrected chi connectivity index (χ0v) is 21.0. The number of fused-ring (bicyclic) bond motifs is 1. The number of pyridine rings is 1. The fourth-order valence-electron chi connectivity index (χ4n) is 4.01. The quantitative estimate of drug-likeness (QED) is 0.218. The van der Waals surface area contributed by atoms with E-state index in [2.05, 4.69) is 25.9 Å². The lowest BCUT2D eigenvalue weighted by Gasteiger charge is -2.26. The maximum atomic E-state index is 13.5. The molecule has 0 saturated carbocycles. The number of oxazole rings is 1. The van der Waals surface area contributed by atoms with Gasteiger partial charge in [0.05, 0.1) is 23.9 Å². The van der Waals surface area contributed by atoms with Gasteiger partial charge in [-0.05, 0) is 37.3 Å². The summed E-state index contributed by atoms with van der Waals surface area (Å²) in [4.78, 5) is 38.7. The second-order valence-corrected chi connectivity index (χ2v) is 8.69. The normalized spacial score (nSPS) is 15.0. The molecule has 0 saturated heterocycles. The number of rotatable bonds is 5. The molecule has 12 heteroatoms. The monoisotopic (exact) mass is 531 g/mol. The van der Waals surface area contributed by atoms with Gasteiger partial charge in [-0.15, -0.1) is 0 Å². The summed E-state index contributed by atoms with van der Waals surface area (Å²) in [5.41, 5.74) is 9.13. The molecule has 3 heterocycles. The Hall–Kier alpha value is -4.90. The Balaban J connectivity index is 1.48. The minimum absolute atomic E-state index is 0.173. The number of amides is 1. The van der Waals surface area contributed by atoms with E-state index in [9.17, 15) is 9.59 Å². The molecule has 38 heavy (non-hydrogen) atoms. The second kappa shape index (κ2) is 10.2. The number of ether oxygens (including phenoxy) is 1. The van der Waals surface area contributed by atoms with E-state index in [0.717, 1.165) is 0 Å². The summed E-state index contributed by atoms with van der Waals surface area (Å²) in [7, 11) is 1.27. The van der Waals surface area contributed by atoms with Crippen molar-refractivity contribution in [3.63, 3.8) is 0 Å². The average molecular weight is 532 g/mol. The Morgan fingerprint density at radius 2 is 1.97 bits per heavy atom. The number of methoxy groups -OCH3 is 1. The van der Waals surface area contributed by atoms with Gasteiger partial charge < -0.3 is 25.5 Å². The van der Waals surface area contributed by atoms with Crippen LogP contribution in [0.25, 0.3) is 11.1 Å². The Kier molecular flexibility index (Phi) is 6.67. The van der Waals surface area contributed by atoms with Crippen LogP contribution in [0.15, 0.2) is 81.5 Å². The first-order valence-electron chi connectivity index (χ1n) is 11.4. The molecule has 0 bridgehead atoms. The number of nitrogen functional groups attached to an aromatic ring is 1. The number of nitrogens with one attached hydrogen (secondary N) is 3. The third-order valence-electron chi connectivity index (χ3n) is 5.78. The number of nitrogens with two attached hydrogens (primary N) is 1. The topological polar surface area (TPSA) is 157 Å². The molecule has 1 unspecified atom stereocenters. The molecule has 2 aromatic heterocycles. The summed E-state index contributed by atoms with van der Waals surface area (Å²) in [5.74, 6) is -0.562. The van der Waals surface area contributed by atoms with Crippen molar-refractivity contribution >= 4 is 58.1 Å². The zero-order valence-electron chi connectivity index (χ0n) is 20.3. The van der Waals surface area contributed by atoms with Gasteiger partial charge in [0.2, 0.25) is 5.96 Å². The molecule has 0 aliphatic carbocycles. The number of aliphatic imine (C=N–C) groups is 1. The van der Waals surface area contributed by atoms with Crippen LogP contribution in [-0.4, -0.2) is 34.9 Å². The van der Waals surface area contributed by atoms with Gasteiger partial charge in [0.25, 0.3) is 5.91 Å². The van der Waals surface area contributed by atoms with E-state index in [0.29, 0.717) is 44.6 Å². The molecular formula is C26H22ClN7O4. The predicted octanol–water partition coefficient (Wildman–Crippen LogP) is 4.27. The van der Waals surface area contributed by atoms with Gasteiger partial charge in [0, 0.05) is 22.5 Å². The van der Waals surface area contributed by atoms with Crippen molar-refractivity contribution in [3.8, 4) is 0 Å². The number of carbonyl (C=O) groups is 2. The lowest BCUT2D eigenvalue weighted by atomic mass is 9.95. The molecule has 5 N–H and O–H groups in total. The van der Waals surface area contributed by atoms with E-state index in [4.69, 9.17) is 31.5 Å². The first-order chi connectivity index (χ1) is 18.3. The van der Waals surface area contributed by atoms with Crippen LogP contribution in [0.2, 0.25) is 5.02 Å². The Morgan fingerprint density at radius 1 is 1.16 bits per heavy atom. The highest BCUT2D eigenvalue weighted by molar-refractivity contribution is 6.31. The number of anilines is 3. The van der Waals surface area contributed by atoms with Crippen LogP contribution in [0.4, 0.5) is 17.5 Å². The third kappa shape index (κ3) is 4.87. The summed E-state index contributed by atoms with van der Waals surface area (Å²) in [6, 6.07) is 14.7. The zero-order chi connectivity index (χ0) is 26.8. The van der Waals surface area contributed by atoms with Crippen LogP contribution in [0, 0.1) is 0 Å². The number of halogens is 1. The summed E-state index contributed by atoms with van der Waals surface area (Å²) >= 11 is 6.51. The van der Waals surface area contributed by atoms with Crippen molar-refractivity contribution in [1.82, 2.24) is 15.3 Å². The number of guanidine groups is 1. The predicted molar refractivity (Wildman–Crippen MR) is 144 cm³/mol. The largest absolute Gasteiger partial charge is 0.465 e. The van der Waals surface area contributed by atoms with Crippen molar-refractivity contribution in [1.29, 1.82) is 0 Å². The molecule has 1 atom stereocenters. The number of esters is 1. The number of hydrogen-bond acceptors (Lipinski definition) is 10. The smallest absolute Gasteiger partial charge is 0.338 e. The van der Waals surface area contributed by atoms with Crippen molar-refractivity contribution in [2.45, 2.75) is 13.0 Å². The molecule has 1 aliphatic heterocycles. The van der Waals surface area contributed by atoms with Gasteiger partial charge in [-0.1, -0.05) is 35.9 Å². The number of hydrogen-bond donors (Lipinski definition) is 4. The molecule has 0 fully saturated rings. The number of para-hydroxylation sites is 1. The summed E-state index contributed by atoms with van der Waals surface area (Å²) in [6.07, 6.45) is 1.40. The molecule has 0 radical (unpaired) electrons. The lowest BCUT2D eigenvalue weighted by molar-refractivity contribution is -0.113. The van der Waals surface area contributed by atoms with Crippen LogP contribution >= 0.6 is 11.6 Å². The van der Waals surface area contributed by atoms with Crippen molar-refractivity contribution < 1.29 is 18.7 Å². The summed E-state index contributed by atoms with van der Waals surface area (Å²) in [6.45, 7) is 1.73. The highest BCUT2D eigenvalue weighted by Gasteiger charge is 2.31. The van der Waals surface area contributed by atoms with Crippen LogP contribution in [0.5, 0.6) is 0 Å². The minimum atomic E-state index is -0.786.